The van der Waals surface area contributed by atoms with Crippen LogP contribution in [0.15, 0.2) is 24.3 Å². The zero-order valence-electron chi connectivity index (χ0n) is 12.6. The molecular weight excluding hydrogens is 307 g/mol. The van der Waals surface area contributed by atoms with E-state index in [4.69, 9.17) is 5.26 Å². The smallest absolute Gasteiger partial charge is 0.288 e. The molecule has 1 N–H and O–H groups in total. The van der Waals surface area contributed by atoms with Crippen LogP contribution in [-0.4, -0.2) is 29.7 Å². The second-order valence-corrected chi connectivity index (χ2v) is 5.55. The van der Waals surface area contributed by atoms with Crippen LogP contribution in [0.1, 0.15) is 36.8 Å². The number of aryl methyl sites for hydroxylation is 1. The third-order valence-corrected chi connectivity index (χ3v) is 3.91. The zero-order chi connectivity index (χ0) is 16.9. The first-order valence-electron chi connectivity index (χ1n) is 7.52. The van der Waals surface area contributed by atoms with Crippen molar-refractivity contribution in [3.05, 3.63) is 35.4 Å². The third-order valence-electron chi connectivity index (χ3n) is 3.91. The summed E-state index contributed by atoms with van der Waals surface area (Å²) in [5, 5.41) is 9.98. The first-order valence-corrected chi connectivity index (χ1v) is 7.52. The highest BCUT2D eigenvalue weighted by Crippen LogP contribution is 2.29. The fraction of sp³-hybridized carbons (Fsp3) is 0.500. The first kappa shape index (κ1) is 17.3. The fourth-order valence-electron chi connectivity index (χ4n) is 2.72. The van der Waals surface area contributed by atoms with Gasteiger partial charge >= 0.3 is 6.18 Å². The molecule has 4 nitrogen and oxygen atoms in total. The predicted octanol–water partition coefficient (Wildman–Crippen LogP) is 2.94. The van der Waals surface area contributed by atoms with E-state index in [0.717, 1.165) is 10.6 Å². The Labute approximate surface area is 132 Å². The Kier molecular flexibility index (Phi) is 5.61. The quantitative estimate of drug-likeness (QED) is 0.818. The largest absolute Gasteiger partial charge is 0.405 e. The molecule has 1 fully saturated rings. The van der Waals surface area contributed by atoms with Gasteiger partial charge < -0.3 is 0 Å². The van der Waals surface area contributed by atoms with E-state index in [1.165, 1.54) is 0 Å². The summed E-state index contributed by atoms with van der Waals surface area (Å²) in [6, 6.07) is 7.53. The Hall–Kier alpha value is -2.07. The molecule has 7 heteroatoms. The van der Waals surface area contributed by atoms with Crippen molar-refractivity contribution < 1.29 is 18.0 Å². The number of nitrogens with zero attached hydrogens (tertiary/aromatic N) is 2. The van der Waals surface area contributed by atoms with Crippen LogP contribution in [0.5, 0.6) is 0 Å². The molecule has 1 aliphatic heterocycles. The molecule has 1 aliphatic rings. The topological polar surface area (TPSA) is 56.1 Å². The van der Waals surface area contributed by atoms with Crippen molar-refractivity contribution in [1.82, 2.24) is 10.4 Å². The van der Waals surface area contributed by atoms with E-state index in [1.807, 2.05) is 12.1 Å². The maximum atomic E-state index is 13.1. The number of unbranched alkanes of at least 4 members (excludes halogenated alkanes) is 1. The first-order chi connectivity index (χ1) is 10.9. The molecule has 1 heterocycles. The Morgan fingerprint density at radius 2 is 2.04 bits per heavy atom. The summed E-state index contributed by atoms with van der Waals surface area (Å²) in [5.41, 5.74) is 3.69. The Morgan fingerprint density at radius 3 is 2.65 bits per heavy atom. The minimum absolute atomic E-state index is 0.0709. The highest BCUT2D eigenvalue weighted by molar-refractivity contribution is 5.77. The molecule has 0 spiro atoms. The molecule has 1 amide bonds. The molecule has 0 bridgehead atoms. The van der Waals surface area contributed by atoms with E-state index in [1.54, 1.807) is 12.1 Å². The number of benzene rings is 1. The van der Waals surface area contributed by atoms with Crippen molar-refractivity contribution in [1.29, 1.82) is 5.26 Å². The summed E-state index contributed by atoms with van der Waals surface area (Å²) < 4.78 is 39.4. The van der Waals surface area contributed by atoms with E-state index in [0.29, 0.717) is 24.8 Å². The van der Waals surface area contributed by atoms with Crippen LogP contribution in [0.25, 0.3) is 0 Å². The number of hydrogen-bond acceptors (Lipinski definition) is 3. The number of halogens is 3. The molecule has 23 heavy (non-hydrogen) atoms. The van der Waals surface area contributed by atoms with Gasteiger partial charge in [0.05, 0.1) is 11.6 Å². The normalized spacial score (nSPS) is 16.9. The van der Waals surface area contributed by atoms with Gasteiger partial charge in [-0.15, -0.1) is 0 Å². The van der Waals surface area contributed by atoms with Gasteiger partial charge in [-0.25, -0.2) is 5.01 Å². The maximum Gasteiger partial charge on any atom is 0.405 e. The number of amides is 1. The van der Waals surface area contributed by atoms with Gasteiger partial charge in [-0.05, 0) is 30.9 Å². The number of carbonyl (C=O) groups excluding carboxylic acids is 1. The molecule has 1 aromatic rings. The minimum Gasteiger partial charge on any atom is -0.288 e. The predicted molar refractivity (Wildman–Crippen MR) is 78.0 cm³/mol. The lowest BCUT2D eigenvalue weighted by Gasteiger charge is -2.28. The highest BCUT2D eigenvalue weighted by Gasteiger charge is 2.45. The number of nitrogens with one attached hydrogen (secondary N) is 1. The number of rotatable bonds is 6. The molecule has 1 saturated heterocycles. The summed E-state index contributed by atoms with van der Waals surface area (Å²) in [7, 11) is 0. The van der Waals surface area contributed by atoms with E-state index < -0.39 is 12.2 Å². The summed E-state index contributed by atoms with van der Waals surface area (Å²) in [5.74, 6) is -0.373. The Balaban J connectivity index is 1.87. The van der Waals surface area contributed by atoms with E-state index >= 15 is 0 Å². The van der Waals surface area contributed by atoms with Crippen LogP contribution < -0.4 is 5.43 Å². The number of hydrogen-bond donors (Lipinski definition) is 1. The molecule has 124 valence electrons. The second-order valence-electron chi connectivity index (χ2n) is 5.55. The zero-order valence-corrected chi connectivity index (χ0v) is 12.6. The number of nitriles is 1. The van der Waals surface area contributed by atoms with Gasteiger partial charge in [-0.1, -0.05) is 24.6 Å². The van der Waals surface area contributed by atoms with Gasteiger partial charge in [0, 0.05) is 13.0 Å². The van der Waals surface area contributed by atoms with Gasteiger partial charge in [-0.2, -0.15) is 18.4 Å². The molecular formula is C16H18F3N3O. The van der Waals surface area contributed by atoms with Crippen molar-refractivity contribution in [3.63, 3.8) is 0 Å². The second kappa shape index (κ2) is 7.47. The van der Waals surface area contributed by atoms with Crippen LogP contribution >= 0.6 is 0 Å². The number of alkyl halides is 3. The van der Waals surface area contributed by atoms with Gasteiger partial charge in [-0.3, -0.25) is 10.2 Å². The highest BCUT2D eigenvalue weighted by atomic mass is 19.4. The molecule has 2 rings (SSSR count). The summed E-state index contributed by atoms with van der Waals surface area (Å²) in [6.07, 6.45) is -2.84. The lowest BCUT2D eigenvalue weighted by atomic mass is 10.0. The van der Waals surface area contributed by atoms with Crippen molar-refractivity contribution in [2.75, 3.05) is 6.54 Å². The monoisotopic (exact) mass is 325 g/mol. The average Bonchev–Trinajstić information content (AvgIpc) is 2.92. The van der Waals surface area contributed by atoms with Gasteiger partial charge in [0.2, 0.25) is 5.91 Å². The van der Waals surface area contributed by atoms with Gasteiger partial charge in [0.25, 0.3) is 0 Å². The summed E-state index contributed by atoms with van der Waals surface area (Å²) >= 11 is 0. The molecule has 0 aromatic heterocycles. The minimum atomic E-state index is -4.37. The fourth-order valence-corrected chi connectivity index (χ4v) is 2.72. The SMILES string of the molecule is N#Cc1ccccc1CCCC[C@H](N1CCC(=O)N1)C(F)(F)F. The molecule has 1 aromatic carbocycles. The summed E-state index contributed by atoms with van der Waals surface area (Å²) in [4.78, 5) is 11.1. The number of carbonyl (C=O) groups is 1. The van der Waals surface area contributed by atoms with Crippen molar-refractivity contribution in [2.24, 2.45) is 0 Å². The van der Waals surface area contributed by atoms with Crippen LogP contribution in [0.3, 0.4) is 0 Å². The maximum absolute atomic E-state index is 13.1. The number of hydrazine groups is 1. The Bertz CT molecular complexity index is 595. The van der Waals surface area contributed by atoms with Crippen molar-refractivity contribution >= 4 is 5.91 Å². The lowest BCUT2D eigenvalue weighted by molar-refractivity contribution is -0.190. The molecule has 0 saturated carbocycles. The lowest BCUT2D eigenvalue weighted by Crippen LogP contribution is -2.49. The average molecular weight is 325 g/mol. The van der Waals surface area contributed by atoms with E-state index in [-0.39, 0.29) is 25.3 Å². The van der Waals surface area contributed by atoms with E-state index in [9.17, 15) is 18.0 Å². The summed E-state index contributed by atoms with van der Waals surface area (Å²) in [6.45, 7) is 0.0836. The van der Waals surface area contributed by atoms with Crippen molar-refractivity contribution in [2.45, 2.75) is 44.3 Å². The van der Waals surface area contributed by atoms with Crippen LogP contribution in [0.2, 0.25) is 0 Å². The van der Waals surface area contributed by atoms with Crippen LogP contribution in [-0.2, 0) is 11.2 Å². The molecule has 1 atom stereocenters. The Morgan fingerprint density at radius 1 is 1.30 bits per heavy atom. The van der Waals surface area contributed by atoms with Crippen molar-refractivity contribution in [3.8, 4) is 6.07 Å². The standard InChI is InChI=1S/C16H18F3N3O/c17-16(18,19)14(22-10-9-15(23)21-22)8-4-3-6-12-5-1-2-7-13(12)11-20/h1-2,5,7,14H,3-4,6,8-10H2,(H,21,23)/t14-/m0/s1. The van der Waals surface area contributed by atoms with Crippen LogP contribution in [0, 0.1) is 11.3 Å². The molecule has 0 unspecified atom stereocenters. The molecule has 0 aliphatic carbocycles. The molecule has 0 radical (unpaired) electrons. The van der Waals surface area contributed by atoms with Gasteiger partial charge in [0.1, 0.15) is 6.04 Å². The van der Waals surface area contributed by atoms with Crippen LogP contribution in [0.4, 0.5) is 13.2 Å². The third kappa shape index (κ3) is 4.70. The van der Waals surface area contributed by atoms with Gasteiger partial charge in [0.15, 0.2) is 0 Å². The van der Waals surface area contributed by atoms with E-state index in [2.05, 4.69) is 11.5 Å².